The zero-order valence-electron chi connectivity index (χ0n) is 10.7. The molecule has 1 atom stereocenters. The number of nitrogens with zero attached hydrogens (tertiary/aromatic N) is 3. The van der Waals surface area contributed by atoms with Gasteiger partial charge in [0.1, 0.15) is 0 Å². The molecular weight excluding hydrogens is 230 g/mol. The Bertz CT molecular complexity index is 383. The van der Waals surface area contributed by atoms with Gasteiger partial charge in [-0.2, -0.15) is 0 Å². The molecule has 0 aliphatic carbocycles. The van der Waals surface area contributed by atoms with Crippen molar-refractivity contribution < 1.29 is 9.53 Å². The molecule has 1 aliphatic rings. The van der Waals surface area contributed by atoms with Gasteiger partial charge in [0.15, 0.2) is 0 Å². The molecule has 0 spiro atoms. The third-order valence-corrected chi connectivity index (χ3v) is 3.30. The van der Waals surface area contributed by atoms with Gasteiger partial charge in [-0.1, -0.05) is 0 Å². The molecule has 1 aliphatic heterocycles. The number of amides is 1. The number of methoxy groups -OCH3 is 1. The monoisotopic (exact) mass is 249 g/mol. The summed E-state index contributed by atoms with van der Waals surface area (Å²) in [6.45, 7) is 2.09. The molecular formula is C13H19N3O2. The molecule has 1 aromatic heterocycles. The van der Waals surface area contributed by atoms with Crippen molar-refractivity contribution in [3.63, 3.8) is 0 Å². The van der Waals surface area contributed by atoms with Crippen molar-refractivity contribution >= 4 is 5.91 Å². The van der Waals surface area contributed by atoms with Crippen LogP contribution >= 0.6 is 0 Å². The molecule has 0 saturated carbocycles. The van der Waals surface area contributed by atoms with E-state index in [4.69, 9.17) is 4.74 Å². The summed E-state index contributed by atoms with van der Waals surface area (Å²) in [6, 6.07) is 0. The number of carbonyl (C=O) groups excluding carboxylic acids is 1. The van der Waals surface area contributed by atoms with Crippen molar-refractivity contribution in [3.05, 3.63) is 24.3 Å². The summed E-state index contributed by atoms with van der Waals surface area (Å²) in [5.41, 5.74) is 0.988. The zero-order valence-corrected chi connectivity index (χ0v) is 10.7. The Labute approximate surface area is 107 Å². The number of carbonyl (C=O) groups is 1. The molecule has 5 nitrogen and oxygen atoms in total. The fraction of sp³-hybridized carbons (Fsp3) is 0.615. The molecule has 18 heavy (non-hydrogen) atoms. The molecule has 1 saturated heterocycles. The number of rotatable bonds is 4. The SMILES string of the molecule is COCCC(=O)N1CCC[C@H](c2cnccn2)C1. The highest BCUT2D eigenvalue weighted by Gasteiger charge is 2.25. The Balaban J connectivity index is 1.94. The van der Waals surface area contributed by atoms with Crippen molar-refractivity contribution in [3.8, 4) is 0 Å². The first-order valence-electron chi connectivity index (χ1n) is 6.34. The summed E-state index contributed by atoms with van der Waals surface area (Å²) in [7, 11) is 1.62. The van der Waals surface area contributed by atoms with E-state index in [1.165, 1.54) is 0 Å². The van der Waals surface area contributed by atoms with E-state index in [0.717, 1.165) is 31.6 Å². The zero-order chi connectivity index (χ0) is 12.8. The molecule has 1 amide bonds. The van der Waals surface area contributed by atoms with E-state index < -0.39 is 0 Å². The number of ether oxygens (including phenoxy) is 1. The van der Waals surface area contributed by atoms with Crippen molar-refractivity contribution in [1.82, 2.24) is 14.9 Å². The lowest BCUT2D eigenvalue weighted by molar-refractivity contribution is -0.133. The maximum Gasteiger partial charge on any atom is 0.224 e. The van der Waals surface area contributed by atoms with Gasteiger partial charge in [-0.05, 0) is 12.8 Å². The molecule has 0 radical (unpaired) electrons. The second-order valence-corrected chi connectivity index (χ2v) is 4.55. The summed E-state index contributed by atoms with van der Waals surface area (Å²) in [4.78, 5) is 22.3. The lowest BCUT2D eigenvalue weighted by Gasteiger charge is -2.32. The quantitative estimate of drug-likeness (QED) is 0.805. The predicted octanol–water partition coefficient (Wildman–Crippen LogP) is 1.22. The Morgan fingerprint density at radius 1 is 1.56 bits per heavy atom. The standard InChI is InChI=1S/C13H19N3O2/c1-18-8-4-13(17)16-7-2-3-11(10-16)12-9-14-5-6-15-12/h5-6,9,11H,2-4,7-8,10H2,1H3/t11-/m0/s1. The van der Waals surface area contributed by atoms with Crippen LogP contribution in [0, 0.1) is 0 Å². The van der Waals surface area contributed by atoms with Crippen LogP contribution in [0.3, 0.4) is 0 Å². The van der Waals surface area contributed by atoms with E-state index in [1.807, 2.05) is 4.90 Å². The minimum absolute atomic E-state index is 0.172. The van der Waals surface area contributed by atoms with E-state index in [0.29, 0.717) is 18.9 Å². The normalized spacial score (nSPS) is 19.8. The number of piperidine rings is 1. The molecule has 0 bridgehead atoms. The first-order valence-corrected chi connectivity index (χ1v) is 6.34. The molecule has 0 N–H and O–H groups in total. The summed E-state index contributed by atoms with van der Waals surface area (Å²) < 4.78 is 4.94. The van der Waals surface area contributed by atoms with Gasteiger partial charge in [-0.3, -0.25) is 14.8 Å². The lowest BCUT2D eigenvalue weighted by Crippen LogP contribution is -2.39. The van der Waals surface area contributed by atoms with Crippen LogP contribution in [0.4, 0.5) is 0 Å². The first-order chi connectivity index (χ1) is 8.81. The average molecular weight is 249 g/mol. The molecule has 0 aromatic carbocycles. The second-order valence-electron chi connectivity index (χ2n) is 4.55. The Kier molecular flexibility index (Phi) is 4.64. The highest BCUT2D eigenvalue weighted by atomic mass is 16.5. The van der Waals surface area contributed by atoms with Crippen LogP contribution < -0.4 is 0 Å². The number of hydrogen-bond donors (Lipinski definition) is 0. The van der Waals surface area contributed by atoms with E-state index >= 15 is 0 Å². The van der Waals surface area contributed by atoms with Crippen LogP contribution in [-0.4, -0.2) is 47.6 Å². The van der Waals surface area contributed by atoms with Gasteiger partial charge in [0.25, 0.3) is 0 Å². The largest absolute Gasteiger partial charge is 0.384 e. The van der Waals surface area contributed by atoms with Crippen LogP contribution in [0.1, 0.15) is 30.9 Å². The predicted molar refractivity (Wildman–Crippen MR) is 67.1 cm³/mol. The number of likely N-dealkylation sites (tertiary alicyclic amines) is 1. The van der Waals surface area contributed by atoms with Crippen molar-refractivity contribution in [2.75, 3.05) is 26.8 Å². The molecule has 1 aromatic rings. The first kappa shape index (κ1) is 13.0. The minimum atomic E-state index is 0.172. The summed E-state index contributed by atoms with van der Waals surface area (Å²) >= 11 is 0. The van der Waals surface area contributed by atoms with E-state index in [-0.39, 0.29) is 5.91 Å². The Morgan fingerprint density at radius 3 is 3.17 bits per heavy atom. The summed E-state index contributed by atoms with van der Waals surface area (Å²) in [5.74, 6) is 0.490. The molecule has 1 fully saturated rings. The number of aromatic nitrogens is 2. The fourth-order valence-corrected chi connectivity index (χ4v) is 2.31. The van der Waals surface area contributed by atoms with E-state index in [1.54, 1.807) is 25.7 Å². The molecule has 98 valence electrons. The number of hydrogen-bond acceptors (Lipinski definition) is 4. The van der Waals surface area contributed by atoms with Crippen LogP contribution in [-0.2, 0) is 9.53 Å². The van der Waals surface area contributed by atoms with Crippen molar-refractivity contribution in [2.24, 2.45) is 0 Å². The Hall–Kier alpha value is -1.49. The van der Waals surface area contributed by atoms with Gasteiger partial charge >= 0.3 is 0 Å². The summed E-state index contributed by atoms with van der Waals surface area (Å²) in [5, 5.41) is 0. The highest BCUT2D eigenvalue weighted by molar-refractivity contribution is 5.76. The van der Waals surface area contributed by atoms with E-state index in [2.05, 4.69) is 9.97 Å². The van der Waals surface area contributed by atoms with Gasteiger partial charge in [0.2, 0.25) is 5.91 Å². The maximum atomic E-state index is 11.9. The minimum Gasteiger partial charge on any atom is -0.384 e. The lowest BCUT2D eigenvalue weighted by atomic mass is 9.95. The van der Waals surface area contributed by atoms with E-state index in [9.17, 15) is 4.79 Å². The molecule has 2 rings (SSSR count). The topological polar surface area (TPSA) is 55.3 Å². The van der Waals surface area contributed by atoms with Gasteiger partial charge in [-0.15, -0.1) is 0 Å². The molecule has 2 heterocycles. The third-order valence-electron chi connectivity index (χ3n) is 3.30. The maximum absolute atomic E-state index is 11.9. The van der Waals surface area contributed by atoms with Crippen LogP contribution in [0.25, 0.3) is 0 Å². The van der Waals surface area contributed by atoms with Crippen LogP contribution in [0.15, 0.2) is 18.6 Å². The Morgan fingerprint density at radius 2 is 2.44 bits per heavy atom. The van der Waals surface area contributed by atoms with Gasteiger partial charge < -0.3 is 9.64 Å². The van der Waals surface area contributed by atoms with Crippen LogP contribution in [0.5, 0.6) is 0 Å². The third kappa shape index (κ3) is 3.26. The van der Waals surface area contributed by atoms with Crippen LogP contribution in [0.2, 0.25) is 0 Å². The van der Waals surface area contributed by atoms with Crippen molar-refractivity contribution in [1.29, 1.82) is 0 Å². The molecule has 5 heteroatoms. The molecule has 0 unspecified atom stereocenters. The highest BCUT2D eigenvalue weighted by Crippen LogP contribution is 2.25. The van der Waals surface area contributed by atoms with Gasteiger partial charge in [0.05, 0.1) is 18.7 Å². The fourth-order valence-electron chi connectivity index (χ4n) is 2.31. The van der Waals surface area contributed by atoms with Gasteiger partial charge in [-0.25, -0.2) is 0 Å². The second kappa shape index (κ2) is 6.44. The van der Waals surface area contributed by atoms with Gasteiger partial charge in [0, 0.05) is 44.7 Å². The van der Waals surface area contributed by atoms with Crippen molar-refractivity contribution in [2.45, 2.75) is 25.2 Å². The summed E-state index contributed by atoms with van der Waals surface area (Å²) in [6.07, 6.45) is 7.75. The smallest absolute Gasteiger partial charge is 0.224 e. The average Bonchev–Trinajstić information content (AvgIpc) is 2.46.